The lowest BCUT2D eigenvalue weighted by atomic mass is 9.96. The fourth-order valence-corrected chi connectivity index (χ4v) is 2.23. The highest BCUT2D eigenvalue weighted by Crippen LogP contribution is 2.14. The molecule has 1 aliphatic heterocycles. The van der Waals surface area contributed by atoms with E-state index in [-0.39, 0.29) is 0 Å². The Balaban J connectivity index is 2.52. The number of rotatable bonds is 4. The topological polar surface area (TPSA) is 15.3 Å². The molecule has 0 bridgehead atoms. The monoisotopic (exact) mass is 208 g/mol. The molecule has 0 aromatic carbocycles. The molecule has 1 N–H and O–H groups in total. The van der Waals surface area contributed by atoms with E-state index >= 15 is 0 Å². The second kappa shape index (κ2) is 6.15. The first-order valence-electron chi connectivity index (χ1n) is 6.16. The fourth-order valence-electron chi connectivity index (χ4n) is 2.23. The fraction of sp³-hybridized carbons (Fsp3) is 0.846. The van der Waals surface area contributed by atoms with Gasteiger partial charge in [-0.3, -0.25) is 4.90 Å². The van der Waals surface area contributed by atoms with E-state index in [1.807, 2.05) is 0 Å². The van der Waals surface area contributed by atoms with Crippen LogP contribution >= 0.6 is 0 Å². The van der Waals surface area contributed by atoms with Crippen molar-refractivity contribution in [1.29, 1.82) is 0 Å². The second-order valence-electron chi connectivity index (χ2n) is 4.53. The quantitative estimate of drug-likeness (QED) is 0.708. The maximum absolute atomic E-state index is 5.56. The molecular formula is C13H24N2. The Morgan fingerprint density at radius 1 is 1.47 bits per heavy atom. The number of nitrogens with one attached hydrogen (secondary N) is 1. The first-order valence-corrected chi connectivity index (χ1v) is 6.16. The van der Waals surface area contributed by atoms with Crippen molar-refractivity contribution in [2.75, 3.05) is 19.6 Å². The van der Waals surface area contributed by atoms with Gasteiger partial charge in [-0.25, -0.2) is 0 Å². The van der Waals surface area contributed by atoms with E-state index in [0.29, 0.717) is 12.1 Å². The molecule has 1 heterocycles. The molecule has 15 heavy (non-hydrogen) atoms. The van der Waals surface area contributed by atoms with Crippen molar-refractivity contribution in [2.24, 2.45) is 5.92 Å². The van der Waals surface area contributed by atoms with Crippen LogP contribution in [0.5, 0.6) is 0 Å². The highest BCUT2D eigenvalue weighted by Gasteiger charge is 2.26. The van der Waals surface area contributed by atoms with Gasteiger partial charge in [0, 0.05) is 25.7 Å². The minimum atomic E-state index is 0.332. The van der Waals surface area contributed by atoms with Crippen molar-refractivity contribution in [3.05, 3.63) is 0 Å². The molecule has 0 aromatic heterocycles. The maximum atomic E-state index is 5.56. The van der Waals surface area contributed by atoms with Gasteiger partial charge < -0.3 is 5.32 Å². The standard InChI is InChI=1S/C13H24N2/c1-5-11(4)13-10-15(9-8-14-13)12(6-2)7-3/h2,11-14H,5,7-10H2,1,3-4H3. The predicted molar refractivity (Wildman–Crippen MR) is 65.7 cm³/mol. The molecule has 0 saturated carbocycles. The van der Waals surface area contributed by atoms with E-state index in [1.165, 1.54) is 6.42 Å². The van der Waals surface area contributed by atoms with Crippen molar-refractivity contribution in [1.82, 2.24) is 10.2 Å². The minimum absolute atomic E-state index is 0.332. The smallest absolute Gasteiger partial charge is 0.0710 e. The lowest BCUT2D eigenvalue weighted by molar-refractivity contribution is 0.144. The molecule has 1 aliphatic rings. The maximum Gasteiger partial charge on any atom is 0.0710 e. The molecule has 2 heteroatoms. The molecule has 0 amide bonds. The number of hydrogen-bond acceptors (Lipinski definition) is 2. The van der Waals surface area contributed by atoms with Crippen LogP contribution in [-0.2, 0) is 0 Å². The van der Waals surface area contributed by atoms with Crippen LogP contribution in [-0.4, -0.2) is 36.6 Å². The molecule has 0 aromatic rings. The van der Waals surface area contributed by atoms with E-state index in [4.69, 9.17) is 6.42 Å². The summed E-state index contributed by atoms with van der Waals surface area (Å²) in [6.07, 6.45) is 7.85. The summed E-state index contributed by atoms with van der Waals surface area (Å²) >= 11 is 0. The second-order valence-corrected chi connectivity index (χ2v) is 4.53. The first kappa shape index (κ1) is 12.5. The number of nitrogens with zero attached hydrogens (tertiary/aromatic N) is 1. The number of terminal acetylenes is 1. The minimum Gasteiger partial charge on any atom is -0.311 e. The van der Waals surface area contributed by atoms with Crippen LogP contribution < -0.4 is 5.32 Å². The summed E-state index contributed by atoms with van der Waals surface area (Å²) in [5.74, 6) is 3.64. The molecule has 86 valence electrons. The summed E-state index contributed by atoms with van der Waals surface area (Å²) in [7, 11) is 0. The third kappa shape index (κ3) is 3.22. The van der Waals surface area contributed by atoms with Crippen molar-refractivity contribution >= 4 is 0 Å². The van der Waals surface area contributed by atoms with E-state index in [1.54, 1.807) is 0 Å². The van der Waals surface area contributed by atoms with Crippen molar-refractivity contribution in [3.63, 3.8) is 0 Å². The summed E-state index contributed by atoms with van der Waals surface area (Å²) in [4.78, 5) is 2.45. The normalized spacial score (nSPS) is 26.9. The van der Waals surface area contributed by atoms with Crippen LogP contribution in [0.4, 0.5) is 0 Å². The van der Waals surface area contributed by atoms with Crippen LogP contribution in [0.25, 0.3) is 0 Å². The molecule has 0 radical (unpaired) electrons. The summed E-state index contributed by atoms with van der Waals surface area (Å²) in [5, 5.41) is 3.59. The SMILES string of the molecule is C#CC(CC)N1CCNC(C(C)CC)C1. The molecule has 3 atom stereocenters. The Hall–Kier alpha value is -0.520. The molecule has 3 unspecified atom stereocenters. The van der Waals surface area contributed by atoms with Gasteiger partial charge in [0.15, 0.2) is 0 Å². The van der Waals surface area contributed by atoms with Crippen LogP contribution in [0.3, 0.4) is 0 Å². The summed E-state index contributed by atoms with van der Waals surface area (Å²) < 4.78 is 0. The average molecular weight is 208 g/mol. The molecule has 0 aliphatic carbocycles. The highest BCUT2D eigenvalue weighted by atomic mass is 15.2. The molecule has 1 fully saturated rings. The highest BCUT2D eigenvalue weighted by molar-refractivity contribution is 5.01. The summed E-state index contributed by atoms with van der Waals surface area (Å²) in [6, 6.07) is 0.949. The van der Waals surface area contributed by atoms with Gasteiger partial charge in [-0.05, 0) is 12.3 Å². The largest absolute Gasteiger partial charge is 0.311 e. The van der Waals surface area contributed by atoms with Crippen molar-refractivity contribution in [3.8, 4) is 12.3 Å². The molecular weight excluding hydrogens is 184 g/mol. The van der Waals surface area contributed by atoms with Gasteiger partial charge in [0.2, 0.25) is 0 Å². The zero-order valence-electron chi connectivity index (χ0n) is 10.3. The van der Waals surface area contributed by atoms with Crippen molar-refractivity contribution in [2.45, 2.75) is 45.7 Å². The van der Waals surface area contributed by atoms with Crippen LogP contribution in [0.1, 0.15) is 33.6 Å². The van der Waals surface area contributed by atoms with E-state index in [2.05, 4.69) is 36.9 Å². The van der Waals surface area contributed by atoms with Gasteiger partial charge in [0.1, 0.15) is 0 Å². The Kier molecular flexibility index (Phi) is 5.14. The Bertz CT molecular complexity index is 219. The van der Waals surface area contributed by atoms with Crippen molar-refractivity contribution < 1.29 is 0 Å². The van der Waals surface area contributed by atoms with Crippen LogP contribution in [0, 0.1) is 18.3 Å². The van der Waals surface area contributed by atoms with E-state index in [9.17, 15) is 0 Å². The van der Waals surface area contributed by atoms with E-state index in [0.717, 1.165) is 32.0 Å². The van der Waals surface area contributed by atoms with E-state index < -0.39 is 0 Å². The van der Waals surface area contributed by atoms with Gasteiger partial charge in [0.25, 0.3) is 0 Å². The van der Waals surface area contributed by atoms with Crippen LogP contribution in [0.2, 0.25) is 0 Å². The molecule has 1 rings (SSSR count). The average Bonchev–Trinajstić information content (AvgIpc) is 2.30. The summed E-state index contributed by atoms with van der Waals surface area (Å²) in [6.45, 7) is 10.0. The zero-order valence-corrected chi connectivity index (χ0v) is 10.3. The predicted octanol–water partition coefficient (Wildman–Crippen LogP) is 1.72. The van der Waals surface area contributed by atoms with Crippen LogP contribution in [0.15, 0.2) is 0 Å². The molecule has 2 nitrogen and oxygen atoms in total. The Morgan fingerprint density at radius 2 is 2.20 bits per heavy atom. The summed E-state index contributed by atoms with van der Waals surface area (Å²) in [5.41, 5.74) is 0. The number of piperazine rings is 1. The third-order valence-electron chi connectivity index (χ3n) is 3.59. The zero-order chi connectivity index (χ0) is 11.3. The van der Waals surface area contributed by atoms with Gasteiger partial charge >= 0.3 is 0 Å². The number of hydrogen-bond donors (Lipinski definition) is 1. The molecule has 0 spiro atoms. The van der Waals surface area contributed by atoms with Gasteiger partial charge in [0.05, 0.1) is 6.04 Å². The lowest BCUT2D eigenvalue weighted by Gasteiger charge is -2.39. The first-order chi connectivity index (χ1) is 7.22. The Morgan fingerprint density at radius 3 is 2.73 bits per heavy atom. The molecule has 1 saturated heterocycles. The lowest BCUT2D eigenvalue weighted by Crippen LogP contribution is -2.55. The van der Waals surface area contributed by atoms with Gasteiger partial charge in [-0.15, -0.1) is 6.42 Å². The Labute approximate surface area is 94.4 Å². The van der Waals surface area contributed by atoms with Gasteiger partial charge in [-0.1, -0.05) is 33.1 Å². The van der Waals surface area contributed by atoms with Gasteiger partial charge in [-0.2, -0.15) is 0 Å². The third-order valence-corrected chi connectivity index (χ3v) is 3.59.